The summed E-state index contributed by atoms with van der Waals surface area (Å²) >= 11 is 6.10. The molecular formula is C19H17ClN2O. The average Bonchev–Trinajstić information content (AvgIpc) is 2.79. The minimum atomic E-state index is 0.212. The minimum Gasteiger partial charge on any atom is -0.508 e. The van der Waals surface area contributed by atoms with Gasteiger partial charge in [0.1, 0.15) is 5.75 Å². The second kappa shape index (κ2) is 6.31. The molecule has 0 amide bonds. The second-order valence-electron chi connectivity index (χ2n) is 5.42. The van der Waals surface area contributed by atoms with Crippen LogP contribution in [-0.4, -0.2) is 15.9 Å². The summed E-state index contributed by atoms with van der Waals surface area (Å²) in [5.74, 6) is 0.212. The molecule has 23 heavy (non-hydrogen) atoms. The highest BCUT2D eigenvalue weighted by atomic mass is 35.5. The number of nitrogens with zero attached hydrogens (tertiary/aromatic N) is 2. The fourth-order valence-electron chi connectivity index (χ4n) is 2.65. The topological polar surface area (TPSA) is 37.5 Å². The first kappa shape index (κ1) is 15.4. The molecule has 0 saturated heterocycles. The Kier molecular flexibility index (Phi) is 4.22. The zero-order valence-electron chi connectivity index (χ0n) is 13.0. The summed E-state index contributed by atoms with van der Waals surface area (Å²) in [7, 11) is 0. The van der Waals surface area contributed by atoms with Gasteiger partial charge in [-0.15, -0.1) is 0 Å². The lowest BCUT2D eigenvalue weighted by molar-refractivity contribution is 0.475. The summed E-state index contributed by atoms with van der Waals surface area (Å²) in [5, 5.41) is 10.2. The first-order chi connectivity index (χ1) is 11.0. The molecule has 3 aromatic rings. The lowest BCUT2D eigenvalue weighted by atomic mass is 10.2. The molecular weight excluding hydrogens is 308 g/mol. The number of phenolic OH excluding ortho intramolecular Hbond substituents is 1. The monoisotopic (exact) mass is 324 g/mol. The number of aryl methyl sites for hydroxylation is 1. The van der Waals surface area contributed by atoms with E-state index in [0.29, 0.717) is 5.02 Å². The van der Waals surface area contributed by atoms with Crippen LogP contribution in [0, 0.1) is 13.8 Å². The van der Waals surface area contributed by atoms with Crippen molar-refractivity contribution in [2.24, 2.45) is 4.99 Å². The predicted molar refractivity (Wildman–Crippen MR) is 95.6 cm³/mol. The number of aromatic hydroxyl groups is 1. The van der Waals surface area contributed by atoms with Gasteiger partial charge in [0.2, 0.25) is 0 Å². The van der Waals surface area contributed by atoms with Crippen LogP contribution in [0.5, 0.6) is 5.75 Å². The summed E-state index contributed by atoms with van der Waals surface area (Å²) in [6, 6.07) is 16.8. The Hall–Kier alpha value is -2.52. The number of benzene rings is 2. The summed E-state index contributed by atoms with van der Waals surface area (Å²) in [6.07, 6.45) is 1.82. The van der Waals surface area contributed by atoms with Crippen LogP contribution in [0.3, 0.4) is 0 Å². The SMILES string of the molecule is Cc1cc(C=Nc2cccc(O)c2)c(C)n1-c1cccc(Cl)c1. The molecule has 0 unspecified atom stereocenters. The van der Waals surface area contributed by atoms with Crippen LogP contribution in [0.1, 0.15) is 17.0 Å². The van der Waals surface area contributed by atoms with Gasteiger partial charge in [-0.05, 0) is 50.2 Å². The number of hydrogen-bond acceptors (Lipinski definition) is 2. The van der Waals surface area contributed by atoms with E-state index >= 15 is 0 Å². The van der Waals surface area contributed by atoms with Crippen LogP contribution in [0.15, 0.2) is 59.6 Å². The number of rotatable bonds is 3. The molecule has 0 fully saturated rings. The van der Waals surface area contributed by atoms with Gasteiger partial charge in [-0.25, -0.2) is 0 Å². The van der Waals surface area contributed by atoms with Gasteiger partial charge in [0.25, 0.3) is 0 Å². The summed E-state index contributed by atoms with van der Waals surface area (Å²) in [4.78, 5) is 4.44. The average molecular weight is 325 g/mol. The predicted octanol–water partition coefficient (Wildman–Crippen LogP) is 5.20. The van der Waals surface area contributed by atoms with Gasteiger partial charge < -0.3 is 9.67 Å². The molecule has 0 aliphatic rings. The van der Waals surface area contributed by atoms with Gasteiger partial charge in [0.15, 0.2) is 0 Å². The molecule has 0 aliphatic heterocycles. The highest BCUT2D eigenvalue weighted by Gasteiger charge is 2.09. The first-order valence-electron chi connectivity index (χ1n) is 7.32. The number of halogens is 1. The van der Waals surface area contributed by atoms with Crippen molar-refractivity contribution in [1.29, 1.82) is 0 Å². The van der Waals surface area contributed by atoms with Gasteiger partial charge in [-0.1, -0.05) is 23.7 Å². The van der Waals surface area contributed by atoms with E-state index in [-0.39, 0.29) is 5.75 Å². The Balaban J connectivity index is 1.98. The van der Waals surface area contributed by atoms with Crippen LogP contribution in [0.2, 0.25) is 5.02 Å². The molecule has 3 rings (SSSR count). The van der Waals surface area contributed by atoms with E-state index in [1.54, 1.807) is 18.2 Å². The van der Waals surface area contributed by atoms with Gasteiger partial charge >= 0.3 is 0 Å². The quantitative estimate of drug-likeness (QED) is 0.660. The van der Waals surface area contributed by atoms with Crippen molar-refractivity contribution < 1.29 is 5.11 Å². The van der Waals surface area contributed by atoms with Crippen LogP contribution < -0.4 is 0 Å². The zero-order chi connectivity index (χ0) is 16.4. The molecule has 116 valence electrons. The number of aromatic nitrogens is 1. The highest BCUT2D eigenvalue weighted by Crippen LogP contribution is 2.23. The summed E-state index contributed by atoms with van der Waals surface area (Å²) < 4.78 is 2.15. The maximum absolute atomic E-state index is 9.50. The van der Waals surface area contributed by atoms with Gasteiger partial charge in [0.05, 0.1) is 5.69 Å². The molecule has 1 aromatic heterocycles. The molecule has 0 radical (unpaired) electrons. The zero-order valence-corrected chi connectivity index (χ0v) is 13.7. The maximum atomic E-state index is 9.50. The van der Waals surface area contributed by atoms with E-state index in [1.165, 1.54) is 0 Å². The Bertz CT molecular complexity index is 881. The molecule has 0 spiro atoms. The first-order valence-corrected chi connectivity index (χ1v) is 7.70. The summed E-state index contributed by atoms with van der Waals surface area (Å²) in [5.41, 5.74) is 4.99. The van der Waals surface area contributed by atoms with Gasteiger partial charge in [-0.3, -0.25) is 4.99 Å². The van der Waals surface area contributed by atoms with Gasteiger partial charge in [-0.2, -0.15) is 0 Å². The lowest BCUT2D eigenvalue weighted by Crippen LogP contribution is -1.99. The van der Waals surface area contributed by atoms with E-state index in [9.17, 15) is 5.11 Å². The molecule has 0 atom stereocenters. The van der Waals surface area contributed by atoms with Crippen molar-refractivity contribution in [3.8, 4) is 11.4 Å². The Morgan fingerprint density at radius 3 is 2.57 bits per heavy atom. The van der Waals surface area contributed by atoms with E-state index in [2.05, 4.69) is 29.5 Å². The fraction of sp³-hybridized carbons (Fsp3) is 0.105. The molecule has 1 N–H and O–H groups in total. The van der Waals surface area contributed by atoms with E-state index in [1.807, 2.05) is 36.5 Å². The lowest BCUT2D eigenvalue weighted by Gasteiger charge is -2.09. The van der Waals surface area contributed by atoms with Crippen molar-refractivity contribution >= 4 is 23.5 Å². The van der Waals surface area contributed by atoms with E-state index < -0.39 is 0 Å². The Morgan fingerprint density at radius 2 is 1.83 bits per heavy atom. The van der Waals surface area contributed by atoms with E-state index in [0.717, 1.165) is 28.3 Å². The van der Waals surface area contributed by atoms with Crippen molar-refractivity contribution in [2.45, 2.75) is 13.8 Å². The molecule has 3 nitrogen and oxygen atoms in total. The van der Waals surface area contributed by atoms with Crippen LogP contribution in [0.25, 0.3) is 5.69 Å². The largest absolute Gasteiger partial charge is 0.508 e. The van der Waals surface area contributed by atoms with E-state index in [4.69, 9.17) is 11.6 Å². The van der Waals surface area contributed by atoms with Crippen LogP contribution in [-0.2, 0) is 0 Å². The third kappa shape index (κ3) is 3.30. The molecule has 2 aromatic carbocycles. The smallest absolute Gasteiger partial charge is 0.117 e. The molecule has 0 bridgehead atoms. The van der Waals surface area contributed by atoms with Crippen molar-refractivity contribution in [3.05, 3.63) is 76.6 Å². The van der Waals surface area contributed by atoms with Crippen molar-refractivity contribution in [2.75, 3.05) is 0 Å². The fourth-order valence-corrected chi connectivity index (χ4v) is 2.83. The molecule has 4 heteroatoms. The third-order valence-electron chi connectivity index (χ3n) is 3.72. The molecule has 0 aliphatic carbocycles. The van der Waals surface area contributed by atoms with Crippen LogP contribution in [0.4, 0.5) is 5.69 Å². The number of aliphatic imine (C=N–C) groups is 1. The normalized spacial score (nSPS) is 11.3. The van der Waals surface area contributed by atoms with Crippen molar-refractivity contribution in [1.82, 2.24) is 4.57 Å². The van der Waals surface area contributed by atoms with Crippen LogP contribution >= 0.6 is 11.6 Å². The molecule has 0 saturated carbocycles. The third-order valence-corrected chi connectivity index (χ3v) is 3.95. The Morgan fingerprint density at radius 1 is 1.04 bits per heavy atom. The second-order valence-corrected chi connectivity index (χ2v) is 5.86. The number of hydrogen-bond donors (Lipinski definition) is 1. The Labute approximate surface area is 140 Å². The minimum absolute atomic E-state index is 0.212. The maximum Gasteiger partial charge on any atom is 0.117 e. The standard InChI is InChI=1S/C19H17ClN2O/c1-13-9-15(12-21-17-6-4-8-19(23)11-17)14(2)22(13)18-7-3-5-16(20)10-18/h3-12,23H,1-2H3. The summed E-state index contributed by atoms with van der Waals surface area (Å²) in [6.45, 7) is 4.11. The molecule has 1 heterocycles. The highest BCUT2D eigenvalue weighted by molar-refractivity contribution is 6.30. The van der Waals surface area contributed by atoms with Gasteiger partial charge in [0, 0.05) is 39.9 Å². The van der Waals surface area contributed by atoms with Crippen molar-refractivity contribution in [3.63, 3.8) is 0 Å². The number of phenols is 1.